The van der Waals surface area contributed by atoms with Gasteiger partial charge in [0.1, 0.15) is 5.82 Å². The topological polar surface area (TPSA) is 59.0 Å². The molecule has 0 bridgehead atoms. The molecule has 1 amide bonds. The van der Waals surface area contributed by atoms with Crippen molar-refractivity contribution < 1.29 is 4.79 Å². The van der Waals surface area contributed by atoms with Crippen molar-refractivity contribution in [2.45, 2.75) is 39.2 Å². The predicted octanol–water partition coefficient (Wildman–Crippen LogP) is 3.08. The van der Waals surface area contributed by atoms with E-state index in [2.05, 4.69) is 26.3 Å². The fraction of sp³-hybridized carbons (Fsp3) is 0.556. The summed E-state index contributed by atoms with van der Waals surface area (Å²) in [5.74, 6) is 1.90. The lowest BCUT2D eigenvalue weighted by Gasteiger charge is -2.10. The number of amides is 1. The Kier molecular flexibility index (Phi) is 9.25. The average Bonchev–Trinajstić information content (AvgIpc) is 3.17. The van der Waals surface area contributed by atoms with Crippen molar-refractivity contribution in [2.24, 2.45) is 5.92 Å². The Hall–Kier alpha value is -1.30. The van der Waals surface area contributed by atoms with Gasteiger partial charge in [-0.1, -0.05) is 12.1 Å². The number of nitrogens with one attached hydrogen (secondary N) is 2. The zero-order valence-corrected chi connectivity index (χ0v) is 16.3. The van der Waals surface area contributed by atoms with Gasteiger partial charge in [-0.25, -0.2) is 4.98 Å². The summed E-state index contributed by atoms with van der Waals surface area (Å²) < 4.78 is 2.23. The Morgan fingerprint density at radius 2 is 2.16 bits per heavy atom. The smallest absolute Gasteiger partial charge is 0.220 e. The number of aromatic nitrogens is 2. The largest absolute Gasteiger partial charge is 0.356 e. The number of benzene rings is 1. The highest BCUT2D eigenvalue weighted by Gasteiger charge is 2.15. The van der Waals surface area contributed by atoms with E-state index < -0.39 is 0 Å². The van der Waals surface area contributed by atoms with E-state index in [1.165, 1.54) is 11.9 Å². The first-order chi connectivity index (χ1) is 11.2. The second-order valence-electron chi connectivity index (χ2n) is 6.40. The van der Waals surface area contributed by atoms with Gasteiger partial charge in [-0.2, -0.15) is 0 Å². The highest BCUT2D eigenvalue weighted by atomic mass is 35.5. The van der Waals surface area contributed by atoms with E-state index in [0.29, 0.717) is 12.3 Å². The molecule has 1 fully saturated rings. The third-order valence-electron chi connectivity index (χ3n) is 4.67. The Labute approximate surface area is 161 Å². The second kappa shape index (κ2) is 10.6. The molecule has 0 radical (unpaired) electrons. The van der Waals surface area contributed by atoms with E-state index in [1.54, 1.807) is 0 Å². The van der Waals surface area contributed by atoms with Gasteiger partial charge in [0, 0.05) is 19.5 Å². The molecule has 1 aromatic carbocycles. The van der Waals surface area contributed by atoms with Crippen molar-refractivity contribution in [2.75, 3.05) is 19.6 Å². The summed E-state index contributed by atoms with van der Waals surface area (Å²) in [4.78, 5) is 16.5. The van der Waals surface area contributed by atoms with Gasteiger partial charge in [-0.3, -0.25) is 4.79 Å². The molecule has 1 aliphatic rings. The van der Waals surface area contributed by atoms with Gasteiger partial charge >= 0.3 is 0 Å². The summed E-state index contributed by atoms with van der Waals surface area (Å²) in [5.41, 5.74) is 2.21. The molecule has 2 N–H and O–H groups in total. The number of carbonyl (C=O) groups excluding carboxylic acids is 1. The van der Waals surface area contributed by atoms with Gasteiger partial charge in [0.05, 0.1) is 11.0 Å². The van der Waals surface area contributed by atoms with Gasteiger partial charge in [-0.15, -0.1) is 24.8 Å². The SMILES string of the molecule is Cc1nc2ccccc2n1CCCNC(=O)CCC1CCNC1.Cl.Cl. The van der Waals surface area contributed by atoms with Crippen molar-refractivity contribution in [1.82, 2.24) is 20.2 Å². The molecule has 2 aromatic rings. The number of fused-ring (bicyclic) bond motifs is 1. The molecular weight excluding hydrogens is 359 g/mol. The number of nitrogens with zero attached hydrogens (tertiary/aromatic N) is 2. The van der Waals surface area contributed by atoms with Crippen LogP contribution in [0.4, 0.5) is 0 Å². The van der Waals surface area contributed by atoms with Crippen LogP contribution in [0.3, 0.4) is 0 Å². The number of hydrogen-bond acceptors (Lipinski definition) is 3. The first kappa shape index (κ1) is 21.7. The zero-order chi connectivity index (χ0) is 16.1. The molecule has 0 aliphatic carbocycles. The van der Waals surface area contributed by atoms with Crippen LogP contribution in [0, 0.1) is 12.8 Å². The molecule has 0 saturated carbocycles. The van der Waals surface area contributed by atoms with Crippen molar-refractivity contribution in [3.8, 4) is 0 Å². The molecule has 140 valence electrons. The zero-order valence-electron chi connectivity index (χ0n) is 14.7. The molecule has 1 aromatic heterocycles. The first-order valence-corrected chi connectivity index (χ1v) is 8.63. The summed E-state index contributed by atoms with van der Waals surface area (Å²) in [5, 5.41) is 6.39. The summed E-state index contributed by atoms with van der Waals surface area (Å²) in [6.07, 6.45) is 3.79. The van der Waals surface area contributed by atoms with Crippen LogP contribution in [0.2, 0.25) is 0 Å². The van der Waals surface area contributed by atoms with E-state index in [4.69, 9.17) is 0 Å². The van der Waals surface area contributed by atoms with E-state index in [-0.39, 0.29) is 30.7 Å². The molecule has 1 aliphatic heterocycles. The Bertz CT molecular complexity index is 668. The summed E-state index contributed by atoms with van der Waals surface area (Å²) in [6, 6.07) is 8.20. The number of para-hydroxylation sites is 2. The number of carbonyl (C=O) groups is 1. The van der Waals surface area contributed by atoms with Crippen LogP contribution in [0.1, 0.15) is 31.5 Å². The minimum absolute atomic E-state index is 0. The normalized spacial score (nSPS) is 16.3. The van der Waals surface area contributed by atoms with E-state index >= 15 is 0 Å². The molecule has 1 saturated heterocycles. The minimum atomic E-state index is 0. The molecule has 1 atom stereocenters. The minimum Gasteiger partial charge on any atom is -0.356 e. The van der Waals surface area contributed by atoms with Gasteiger partial charge < -0.3 is 15.2 Å². The third kappa shape index (κ3) is 5.87. The van der Waals surface area contributed by atoms with Crippen molar-refractivity contribution in [1.29, 1.82) is 0 Å². The van der Waals surface area contributed by atoms with Crippen LogP contribution in [0.25, 0.3) is 11.0 Å². The Morgan fingerprint density at radius 3 is 2.92 bits per heavy atom. The molecule has 1 unspecified atom stereocenters. The maximum Gasteiger partial charge on any atom is 0.220 e. The highest BCUT2D eigenvalue weighted by Crippen LogP contribution is 2.16. The third-order valence-corrected chi connectivity index (χ3v) is 4.67. The van der Waals surface area contributed by atoms with Crippen LogP contribution in [0.15, 0.2) is 24.3 Å². The fourth-order valence-electron chi connectivity index (χ4n) is 3.33. The van der Waals surface area contributed by atoms with Crippen molar-refractivity contribution in [3.05, 3.63) is 30.1 Å². The van der Waals surface area contributed by atoms with E-state index in [1.807, 2.05) is 25.1 Å². The van der Waals surface area contributed by atoms with Gasteiger partial charge in [0.15, 0.2) is 0 Å². The second-order valence-corrected chi connectivity index (χ2v) is 6.40. The molecule has 7 heteroatoms. The van der Waals surface area contributed by atoms with Crippen LogP contribution in [0.5, 0.6) is 0 Å². The maximum absolute atomic E-state index is 11.9. The Balaban J connectivity index is 0.00000156. The quantitative estimate of drug-likeness (QED) is 0.718. The molecule has 3 rings (SSSR count). The highest BCUT2D eigenvalue weighted by molar-refractivity contribution is 5.85. The van der Waals surface area contributed by atoms with E-state index in [9.17, 15) is 4.79 Å². The van der Waals surface area contributed by atoms with Crippen molar-refractivity contribution in [3.63, 3.8) is 0 Å². The van der Waals surface area contributed by atoms with Crippen LogP contribution < -0.4 is 10.6 Å². The Morgan fingerprint density at radius 1 is 1.36 bits per heavy atom. The van der Waals surface area contributed by atoms with Crippen LogP contribution in [-0.4, -0.2) is 35.1 Å². The number of rotatable bonds is 7. The lowest BCUT2D eigenvalue weighted by molar-refractivity contribution is -0.121. The summed E-state index contributed by atoms with van der Waals surface area (Å²) >= 11 is 0. The van der Waals surface area contributed by atoms with Gasteiger partial charge in [0.2, 0.25) is 5.91 Å². The van der Waals surface area contributed by atoms with Crippen molar-refractivity contribution >= 4 is 41.8 Å². The standard InChI is InChI=1S/C18H26N4O.2ClH/c1-14-21-16-5-2-3-6-17(16)22(14)12-4-10-20-18(23)8-7-15-9-11-19-13-15;;/h2-3,5-6,15,19H,4,7-13H2,1H3,(H,20,23);2*1H. The molecular formula is C18H28Cl2N4O. The molecule has 0 spiro atoms. The summed E-state index contributed by atoms with van der Waals surface area (Å²) in [6.45, 7) is 5.83. The van der Waals surface area contributed by atoms with Gasteiger partial charge in [0.25, 0.3) is 0 Å². The lowest BCUT2D eigenvalue weighted by Crippen LogP contribution is -2.25. The molecule has 25 heavy (non-hydrogen) atoms. The number of hydrogen-bond donors (Lipinski definition) is 2. The van der Waals surface area contributed by atoms with E-state index in [0.717, 1.165) is 50.4 Å². The fourth-order valence-corrected chi connectivity index (χ4v) is 3.33. The number of aryl methyl sites for hydroxylation is 2. The number of imidazole rings is 1. The van der Waals surface area contributed by atoms with Crippen LogP contribution >= 0.6 is 24.8 Å². The van der Waals surface area contributed by atoms with Crippen LogP contribution in [-0.2, 0) is 11.3 Å². The van der Waals surface area contributed by atoms with Gasteiger partial charge in [-0.05, 0) is 57.3 Å². The summed E-state index contributed by atoms with van der Waals surface area (Å²) in [7, 11) is 0. The average molecular weight is 387 g/mol. The number of halogens is 2. The lowest BCUT2D eigenvalue weighted by atomic mass is 10.0. The molecule has 5 nitrogen and oxygen atoms in total. The monoisotopic (exact) mass is 386 g/mol. The first-order valence-electron chi connectivity index (χ1n) is 8.63. The maximum atomic E-state index is 11.9. The predicted molar refractivity (Wildman–Crippen MR) is 107 cm³/mol. The molecule has 2 heterocycles.